The van der Waals surface area contributed by atoms with Crippen LogP contribution in [0.1, 0.15) is 12.8 Å². The summed E-state index contributed by atoms with van der Waals surface area (Å²) in [6, 6.07) is 0. The van der Waals surface area contributed by atoms with E-state index in [2.05, 4.69) is 5.32 Å². The van der Waals surface area contributed by atoms with Gasteiger partial charge in [-0.3, -0.25) is 0 Å². The lowest BCUT2D eigenvalue weighted by atomic mass is 10.2. The molecule has 0 aliphatic carbocycles. The third-order valence-electron chi connectivity index (χ3n) is 3.00. The molecule has 0 unspecified atom stereocenters. The number of likely N-dealkylation sites (N-methyl/N-ethyl adjacent to an activating group) is 2. The zero-order chi connectivity index (χ0) is 12.2. The van der Waals surface area contributed by atoms with Gasteiger partial charge in [0, 0.05) is 20.1 Å². The molecular weight excluding hydrogens is 226 g/mol. The molecule has 1 saturated heterocycles. The van der Waals surface area contributed by atoms with E-state index in [-0.39, 0.29) is 5.25 Å². The Balaban J connectivity index is 2.54. The van der Waals surface area contributed by atoms with Crippen molar-refractivity contribution in [2.45, 2.75) is 18.1 Å². The average Bonchev–Trinajstić information content (AvgIpc) is 2.27. The van der Waals surface area contributed by atoms with Crippen LogP contribution in [0.25, 0.3) is 0 Å². The molecule has 0 saturated carbocycles. The summed E-state index contributed by atoms with van der Waals surface area (Å²) in [6.07, 6.45) is 1.46. The Bertz CT molecular complexity index is 297. The first-order chi connectivity index (χ1) is 7.44. The highest BCUT2D eigenvalue weighted by Crippen LogP contribution is 2.16. The Morgan fingerprint density at radius 1 is 1.12 bits per heavy atom. The molecule has 1 rings (SSSR count). The molecule has 0 spiro atoms. The van der Waals surface area contributed by atoms with E-state index in [0.717, 1.165) is 32.5 Å². The molecule has 6 heteroatoms. The second-order valence-corrected chi connectivity index (χ2v) is 6.94. The number of rotatable bonds is 5. The maximum absolute atomic E-state index is 12.2. The Labute approximate surface area is 98.8 Å². The van der Waals surface area contributed by atoms with E-state index in [9.17, 15) is 8.42 Å². The minimum Gasteiger partial charge on any atom is -0.317 e. The quantitative estimate of drug-likeness (QED) is 0.718. The lowest BCUT2D eigenvalue weighted by Crippen LogP contribution is -2.44. The molecule has 0 atom stereocenters. The fourth-order valence-electron chi connectivity index (χ4n) is 1.82. The molecule has 96 valence electrons. The van der Waals surface area contributed by atoms with Gasteiger partial charge in [-0.25, -0.2) is 12.7 Å². The molecule has 0 aromatic carbocycles. The maximum atomic E-state index is 12.2. The Morgan fingerprint density at radius 2 is 1.69 bits per heavy atom. The van der Waals surface area contributed by atoms with E-state index in [0.29, 0.717) is 6.54 Å². The van der Waals surface area contributed by atoms with E-state index in [1.165, 1.54) is 4.31 Å². The molecule has 0 aromatic heterocycles. The standard InChI is InChI=1S/C10H23N3O2S/c1-12(2)8-9-13(3)16(14,15)10-4-6-11-7-5-10/h10-11H,4-9H2,1-3H3. The highest BCUT2D eigenvalue weighted by atomic mass is 32.2. The van der Waals surface area contributed by atoms with Crippen LogP contribution < -0.4 is 5.32 Å². The number of piperidine rings is 1. The fourth-order valence-corrected chi connectivity index (χ4v) is 3.49. The van der Waals surface area contributed by atoms with Crippen LogP contribution in [0.4, 0.5) is 0 Å². The zero-order valence-electron chi connectivity index (χ0n) is 10.4. The van der Waals surface area contributed by atoms with Crippen molar-refractivity contribution in [3.63, 3.8) is 0 Å². The van der Waals surface area contributed by atoms with Crippen LogP contribution in [0.3, 0.4) is 0 Å². The topological polar surface area (TPSA) is 52.7 Å². The normalized spacial score (nSPS) is 19.6. The summed E-state index contributed by atoms with van der Waals surface area (Å²) in [7, 11) is 2.49. The highest BCUT2D eigenvalue weighted by molar-refractivity contribution is 7.89. The molecule has 1 fully saturated rings. The fraction of sp³-hybridized carbons (Fsp3) is 1.00. The third-order valence-corrected chi connectivity index (χ3v) is 5.37. The van der Waals surface area contributed by atoms with Crippen LogP contribution in [-0.2, 0) is 10.0 Å². The second kappa shape index (κ2) is 5.95. The first-order valence-corrected chi connectivity index (χ1v) is 7.25. The van der Waals surface area contributed by atoms with Crippen LogP contribution in [0.15, 0.2) is 0 Å². The Hall–Kier alpha value is -0.170. The number of sulfonamides is 1. The smallest absolute Gasteiger partial charge is 0.216 e. The van der Waals surface area contributed by atoms with Gasteiger partial charge < -0.3 is 10.2 Å². The van der Waals surface area contributed by atoms with Crippen molar-refractivity contribution >= 4 is 10.0 Å². The lowest BCUT2D eigenvalue weighted by Gasteiger charge is -2.28. The van der Waals surface area contributed by atoms with Gasteiger partial charge in [0.25, 0.3) is 0 Å². The van der Waals surface area contributed by atoms with E-state index < -0.39 is 10.0 Å². The van der Waals surface area contributed by atoms with E-state index in [4.69, 9.17) is 0 Å². The number of hydrogen-bond acceptors (Lipinski definition) is 4. The molecule has 1 aliphatic rings. The van der Waals surface area contributed by atoms with Crippen molar-refractivity contribution in [2.75, 3.05) is 47.3 Å². The molecule has 0 amide bonds. The second-order valence-electron chi connectivity index (χ2n) is 4.62. The largest absolute Gasteiger partial charge is 0.317 e. The number of nitrogens with one attached hydrogen (secondary N) is 1. The summed E-state index contributed by atoms with van der Waals surface area (Å²) in [5.74, 6) is 0. The summed E-state index contributed by atoms with van der Waals surface area (Å²) in [6.45, 7) is 2.96. The first-order valence-electron chi connectivity index (χ1n) is 5.75. The number of nitrogens with zero attached hydrogens (tertiary/aromatic N) is 2. The molecule has 16 heavy (non-hydrogen) atoms. The van der Waals surface area contributed by atoms with Crippen LogP contribution in [0.2, 0.25) is 0 Å². The van der Waals surface area contributed by atoms with Crippen LogP contribution in [0, 0.1) is 0 Å². The van der Waals surface area contributed by atoms with Crippen molar-refractivity contribution in [1.82, 2.24) is 14.5 Å². The van der Waals surface area contributed by atoms with Gasteiger partial charge in [0.2, 0.25) is 10.0 Å². The first kappa shape index (κ1) is 13.9. The molecule has 5 nitrogen and oxygen atoms in total. The van der Waals surface area contributed by atoms with Gasteiger partial charge in [0.1, 0.15) is 0 Å². The Kier molecular flexibility index (Phi) is 5.17. The number of hydrogen-bond donors (Lipinski definition) is 1. The molecule has 1 N–H and O–H groups in total. The molecule has 0 aromatic rings. The Morgan fingerprint density at radius 3 is 2.19 bits per heavy atom. The predicted molar refractivity (Wildman–Crippen MR) is 66.0 cm³/mol. The SMILES string of the molecule is CN(C)CCN(C)S(=O)(=O)C1CCNCC1. The van der Waals surface area contributed by atoms with Crippen LogP contribution in [-0.4, -0.2) is 70.2 Å². The van der Waals surface area contributed by atoms with Crippen LogP contribution >= 0.6 is 0 Å². The molecule has 1 aliphatic heterocycles. The average molecular weight is 249 g/mol. The van der Waals surface area contributed by atoms with E-state index in [1.54, 1.807) is 7.05 Å². The lowest BCUT2D eigenvalue weighted by molar-refractivity contribution is 0.352. The van der Waals surface area contributed by atoms with Crippen LogP contribution in [0.5, 0.6) is 0 Å². The monoisotopic (exact) mass is 249 g/mol. The van der Waals surface area contributed by atoms with Gasteiger partial charge in [-0.2, -0.15) is 0 Å². The highest BCUT2D eigenvalue weighted by Gasteiger charge is 2.30. The van der Waals surface area contributed by atoms with Gasteiger partial charge in [-0.15, -0.1) is 0 Å². The van der Waals surface area contributed by atoms with E-state index >= 15 is 0 Å². The van der Waals surface area contributed by atoms with Crippen molar-refractivity contribution in [2.24, 2.45) is 0 Å². The summed E-state index contributed by atoms with van der Waals surface area (Å²) in [5, 5.41) is 2.99. The minimum absolute atomic E-state index is 0.194. The summed E-state index contributed by atoms with van der Waals surface area (Å²) in [5.41, 5.74) is 0. The summed E-state index contributed by atoms with van der Waals surface area (Å²) in [4.78, 5) is 1.99. The maximum Gasteiger partial charge on any atom is 0.216 e. The third kappa shape index (κ3) is 3.69. The molecule has 1 heterocycles. The van der Waals surface area contributed by atoms with Crippen molar-refractivity contribution < 1.29 is 8.42 Å². The minimum atomic E-state index is -3.09. The van der Waals surface area contributed by atoms with E-state index in [1.807, 2.05) is 19.0 Å². The van der Waals surface area contributed by atoms with Crippen molar-refractivity contribution in [3.8, 4) is 0 Å². The predicted octanol–water partition coefficient (Wildman–Crippen LogP) is -0.438. The van der Waals surface area contributed by atoms with Gasteiger partial charge in [-0.1, -0.05) is 0 Å². The zero-order valence-corrected chi connectivity index (χ0v) is 11.3. The van der Waals surface area contributed by atoms with Gasteiger partial charge in [0.15, 0.2) is 0 Å². The summed E-state index contributed by atoms with van der Waals surface area (Å²) < 4.78 is 25.9. The molecule has 0 radical (unpaired) electrons. The van der Waals surface area contributed by atoms with Crippen molar-refractivity contribution in [1.29, 1.82) is 0 Å². The molecule has 0 bridgehead atoms. The van der Waals surface area contributed by atoms with Crippen molar-refractivity contribution in [3.05, 3.63) is 0 Å². The molecular formula is C10H23N3O2S. The van der Waals surface area contributed by atoms with Gasteiger partial charge >= 0.3 is 0 Å². The van der Waals surface area contributed by atoms with Gasteiger partial charge in [-0.05, 0) is 40.0 Å². The summed E-state index contributed by atoms with van der Waals surface area (Å²) >= 11 is 0. The van der Waals surface area contributed by atoms with Gasteiger partial charge in [0.05, 0.1) is 5.25 Å².